The Bertz CT molecular complexity index is 671. The highest BCUT2D eigenvalue weighted by atomic mass is 35.5. The highest BCUT2D eigenvalue weighted by Gasteiger charge is 2.37. The van der Waals surface area contributed by atoms with Crippen molar-refractivity contribution >= 4 is 23.6 Å². The van der Waals surface area contributed by atoms with Crippen molar-refractivity contribution in [2.24, 2.45) is 0 Å². The summed E-state index contributed by atoms with van der Waals surface area (Å²) in [6, 6.07) is 4.83. The summed E-state index contributed by atoms with van der Waals surface area (Å²) >= 11 is 6.00. The van der Waals surface area contributed by atoms with Crippen molar-refractivity contribution in [1.29, 1.82) is 0 Å². The molecule has 1 aromatic rings. The zero-order chi connectivity index (χ0) is 17.5. The average Bonchev–Trinajstić information content (AvgIpc) is 2.63. The van der Waals surface area contributed by atoms with E-state index in [1.807, 2.05) is 20.8 Å². The molecule has 130 valence electrons. The number of ether oxygens (including phenoxy) is 2. The Labute approximate surface area is 146 Å². The summed E-state index contributed by atoms with van der Waals surface area (Å²) < 4.78 is 11.2. The fourth-order valence-electron chi connectivity index (χ4n) is 2.89. The van der Waals surface area contributed by atoms with Crippen LogP contribution in [0.1, 0.15) is 31.1 Å². The first-order chi connectivity index (χ1) is 11.2. The first kappa shape index (κ1) is 16.9. The highest BCUT2D eigenvalue weighted by Crippen LogP contribution is 2.29. The number of fused-ring (bicyclic) bond motifs is 2. The predicted octanol–water partition coefficient (Wildman–Crippen LogP) is 2.79. The summed E-state index contributed by atoms with van der Waals surface area (Å²) in [6.45, 7) is 7.10. The Morgan fingerprint density at radius 3 is 2.79 bits per heavy atom. The van der Waals surface area contributed by atoms with Crippen molar-refractivity contribution < 1.29 is 19.1 Å². The number of carbonyl (C=O) groups excluding carboxylic acids is 2. The Hall–Kier alpha value is -1.95. The number of carbonyl (C=O) groups is 2. The average molecular weight is 353 g/mol. The fourth-order valence-corrected chi connectivity index (χ4v) is 3.07. The molecule has 0 bridgehead atoms. The molecule has 0 radical (unpaired) electrons. The molecule has 1 atom stereocenters. The smallest absolute Gasteiger partial charge is 0.410 e. The maximum Gasteiger partial charge on any atom is 0.410 e. The molecule has 0 N–H and O–H groups in total. The molecule has 2 aliphatic rings. The second-order valence-corrected chi connectivity index (χ2v) is 7.47. The molecule has 0 spiro atoms. The van der Waals surface area contributed by atoms with Gasteiger partial charge in [0.2, 0.25) is 0 Å². The van der Waals surface area contributed by atoms with Crippen LogP contribution in [-0.4, -0.2) is 59.7 Å². The van der Waals surface area contributed by atoms with Crippen LogP contribution in [-0.2, 0) is 4.74 Å². The van der Waals surface area contributed by atoms with Gasteiger partial charge in [0.15, 0.2) is 0 Å². The molecule has 1 unspecified atom stereocenters. The summed E-state index contributed by atoms with van der Waals surface area (Å²) in [7, 11) is 0. The lowest BCUT2D eigenvalue weighted by Crippen LogP contribution is -2.58. The third kappa shape index (κ3) is 3.43. The molecule has 1 aromatic carbocycles. The third-order valence-electron chi connectivity index (χ3n) is 4.00. The second kappa shape index (κ2) is 6.16. The van der Waals surface area contributed by atoms with Gasteiger partial charge in [0.25, 0.3) is 5.91 Å². The number of halogens is 1. The Morgan fingerprint density at radius 1 is 1.33 bits per heavy atom. The monoisotopic (exact) mass is 352 g/mol. The zero-order valence-electron chi connectivity index (χ0n) is 14.0. The number of piperazine rings is 1. The summed E-state index contributed by atoms with van der Waals surface area (Å²) in [5.74, 6) is 0.418. The molecule has 1 fully saturated rings. The van der Waals surface area contributed by atoms with E-state index >= 15 is 0 Å². The molecule has 3 rings (SSSR count). The minimum atomic E-state index is -0.545. The number of hydrogen-bond acceptors (Lipinski definition) is 4. The summed E-state index contributed by atoms with van der Waals surface area (Å²) in [5, 5.41) is 0.497. The second-order valence-electron chi connectivity index (χ2n) is 7.03. The minimum absolute atomic E-state index is 0.112. The van der Waals surface area contributed by atoms with Crippen LogP contribution in [0.4, 0.5) is 4.79 Å². The Balaban J connectivity index is 1.76. The Morgan fingerprint density at radius 2 is 2.08 bits per heavy atom. The van der Waals surface area contributed by atoms with E-state index in [0.717, 1.165) is 0 Å². The van der Waals surface area contributed by atoms with Crippen molar-refractivity contribution in [2.75, 3.05) is 26.2 Å². The van der Waals surface area contributed by atoms with Gasteiger partial charge in [0.1, 0.15) is 18.0 Å². The van der Waals surface area contributed by atoms with E-state index in [9.17, 15) is 9.59 Å². The maximum absolute atomic E-state index is 12.8. The number of hydrogen-bond donors (Lipinski definition) is 0. The first-order valence-corrected chi connectivity index (χ1v) is 8.33. The van der Waals surface area contributed by atoms with E-state index in [4.69, 9.17) is 21.1 Å². The normalized spacial score (nSPS) is 20.7. The van der Waals surface area contributed by atoms with Gasteiger partial charge in [-0.1, -0.05) is 11.6 Å². The zero-order valence-corrected chi connectivity index (χ0v) is 14.8. The van der Waals surface area contributed by atoms with Gasteiger partial charge in [-0.15, -0.1) is 0 Å². The molecule has 2 aliphatic heterocycles. The maximum atomic E-state index is 12.8. The molecule has 0 aromatic heterocycles. The van der Waals surface area contributed by atoms with Gasteiger partial charge in [-0.05, 0) is 39.0 Å². The molecular weight excluding hydrogens is 332 g/mol. The molecule has 0 aliphatic carbocycles. The molecule has 0 saturated carbocycles. The molecule has 6 nitrogen and oxygen atoms in total. The summed E-state index contributed by atoms with van der Waals surface area (Å²) in [6.07, 6.45) is -0.362. The van der Waals surface area contributed by atoms with Gasteiger partial charge in [-0.2, -0.15) is 0 Å². The van der Waals surface area contributed by atoms with Gasteiger partial charge < -0.3 is 19.3 Å². The van der Waals surface area contributed by atoms with Gasteiger partial charge in [0.05, 0.1) is 11.6 Å². The topological polar surface area (TPSA) is 59.1 Å². The van der Waals surface area contributed by atoms with Crippen LogP contribution in [0.2, 0.25) is 5.02 Å². The van der Waals surface area contributed by atoms with Crippen molar-refractivity contribution in [2.45, 2.75) is 32.4 Å². The van der Waals surface area contributed by atoms with Crippen LogP contribution in [0.5, 0.6) is 5.75 Å². The van der Waals surface area contributed by atoms with Crippen molar-refractivity contribution in [3.8, 4) is 5.75 Å². The lowest BCUT2D eigenvalue weighted by Gasteiger charge is -2.40. The first-order valence-electron chi connectivity index (χ1n) is 7.96. The summed E-state index contributed by atoms with van der Waals surface area (Å²) in [5.41, 5.74) is -0.0764. The summed E-state index contributed by atoms with van der Waals surface area (Å²) in [4.78, 5) is 28.4. The van der Waals surface area contributed by atoms with E-state index in [2.05, 4.69) is 0 Å². The third-order valence-corrected chi connectivity index (χ3v) is 4.23. The molecule has 7 heteroatoms. The molecule has 1 saturated heterocycles. The van der Waals surface area contributed by atoms with Gasteiger partial charge in [-0.3, -0.25) is 4.79 Å². The number of rotatable bonds is 0. The van der Waals surface area contributed by atoms with Crippen molar-refractivity contribution in [1.82, 2.24) is 9.80 Å². The van der Waals surface area contributed by atoms with Crippen LogP contribution >= 0.6 is 11.6 Å². The SMILES string of the molecule is CC(C)(C)OC(=O)N1CCN2C(=O)c3cc(Cl)ccc3OCC2C1. The van der Waals surface area contributed by atoms with E-state index in [1.54, 1.807) is 28.0 Å². The van der Waals surface area contributed by atoms with Gasteiger partial charge in [0, 0.05) is 24.7 Å². The van der Waals surface area contributed by atoms with Gasteiger partial charge in [-0.25, -0.2) is 4.79 Å². The van der Waals surface area contributed by atoms with Crippen LogP contribution in [0.3, 0.4) is 0 Å². The van der Waals surface area contributed by atoms with Crippen molar-refractivity contribution in [3.63, 3.8) is 0 Å². The van der Waals surface area contributed by atoms with Crippen LogP contribution in [0.15, 0.2) is 18.2 Å². The quantitative estimate of drug-likeness (QED) is 0.720. The number of nitrogens with zero attached hydrogens (tertiary/aromatic N) is 2. The van der Waals surface area contributed by atoms with E-state index in [0.29, 0.717) is 42.6 Å². The minimum Gasteiger partial charge on any atom is -0.491 e. The lowest BCUT2D eigenvalue weighted by atomic mass is 10.1. The molecule has 2 heterocycles. The van der Waals surface area contributed by atoms with Crippen LogP contribution < -0.4 is 4.74 Å². The Kier molecular flexibility index (Phi) is 4.34. The lowest BCUT2D eigenvalue weighted by molar-refractivity contribution is 0.000952. The molecular formula is C17H21ClN2O4. The van der Waals surface area contributed by atoms with E-state index < -0.39 is 5.60 Å². The number of amides is 2. The highest BCUT2D eigenvalue weighted by molar-refractivity contribution is 6.31. The van der Waals surface area contributed by atoms with E-state index in [1.165, 1.54) is 0 Å². The standard InChI is InChI=1S/C17H21ClN2O4/c1-17(2,3)24-16(22)19-6-7-20-12(9-19)10-23-14-5-4-11(18)8-13(14)15(20)21/h4-5,8,12H,6-7,9-10H2,1-3H3. The fraction of sp³-hybridized carbons (Fsp3) is 0.529. The number of benzene rings is 1. The van der Waals surface area contributed by atoms with Crippen molar-refractivity contribution in [3.05, 3.63) is 28.8 Å². The van der Waals surface area contributed by atoms with E-state index in [-0.39, 0.29) is 18.0 Å². The predicted molar refractivity (Wildman–Crippen MR) is 89.6 cm³/mol. The molecule has 2 amide bonds. The van der Waals surface area contributed by atoms with Crippen LogP contribution in [0.25, 0.3) is 0 Å². The van der Waals surface area contributed by atoms with Gasteiger partial charge >= 0.3 is 6.09 Å². The molecule has 24 heavy (non-hydrogen) atoms. The largest absolute Gasteiger partial charge is 0.491 e. The van der Waals surface area contributed by atoms with Crippen LogP contribution in [0, 0.1) is 0 Å².